The summed E-state index contributed by atoms with van der Waals surface area (Å²) in [6.45, 7) is 3.40. The van der Waals surface area contributed by atoms with E-state index in [4.69, 9.17) is 11.6 Å². The monoisotopic (exact) mass is 372 g/mol. The molecular weight excluding hydrogens is 357 g/mol. The molecule has 1 saturated heterocycles. The number of likely N-dealkylation sites (N-methyl/N-ethyl adjacent to an activating group) is 1. The van der Waals surface area contributed by atoms with Crippen molar-refractivity contribution in [2.75, 3.05) is 43.4 Å². The molecule has 2 aromatic rings. The van der Waals surface area contributed by atoms with Gasteiger partial charge in [-0.05, 0) is 25.2 Å². The molecule has 10 heteroatoms. The first kappa shape index (κ1) is 17.7. The van der Waals surface area contributed by atoms with Crippen LogP contribution in [0.3, 0.4) is 0 Å². The molecule has 1 aliphatic rings. The summed E-state index contributed by atoms with van der Waals surface area (Å²) in [6.07, 6.45) is -2.99. The number of hydrogen-bond donors (Lipinski definition) is 1. The molecule has 0 aliphatic carbocycles. The lowest BCUT2D eigenvalue weighted by Gasteiger charge is -2.32. The molecule has 134 valence electrons. The minimum absolute atomic E-state index is 0.131. The third kappa shape index (κ3) is 4.29. The maximum Gasteiger partial charge on any atom is 0.417 e. The highest BCUT2D eigenvalue weighted by molar-refractivity contribution is 6.31. The van der Waals surface area contributed by atoms with Crippen molar-refractivity contribution in [2.24, 2.45) is 0 Å². The fraction of sp³-hybridized carbons (Fsp3) is 0.400. The molecule has 2 heterocycles. The van der Waals surface area contributed by atoms with Gasteiger partial charge in [-0.15, -0.1) is 5.10 Å². The van der Waals surface area contributed by atoms with Gasteiger partial charge in [-0.25, -0.2) is 0 Å². The molecule has 25 heavy (non-hydrogen) atoms. The Labute approximate surface area is 147 Å². The van der Waals surface area contributed by atoms with E-state index in [1.807, 2.05) is 7.05 Å². The zero-order valence-electron chi connectivity index (χ0n) is 13.4. The Bertz CT molecular complexity index is 746. The average Bonchev–Trinajstić information content (AvgIpc) is 2.56. The zero-order chi connectivity index (χ0) is 18.0. The summed E-state index contributed by atoms with van der Waals surface area (Å²) in [5.74, 6) is 0.766. The molecule has 0 bridgehead atoms. The van der Waals surface area contributed by atoms with Crippen LogP contribution in [0.5, 0.6) is 0 Å². The maximum absolute atomic E-state index is 12.9. The number of nitrogens with one attached hydrogen (secondary N) is 1. The molecule has 0 unspecified atom stereocenters. The lowest BCUT2D eigenvalue weighted by Crippen LogP contribution is -2.44. The Balaban J connectivity index is 1.79. The van der Waals surface area contributed by atoms with Gasteiger partial charge < -0.3 is 15.1 Å². The fourth-order valence-corrected chi connectivity index (χ4v) is 2.71. The van der Waals surface area contributed by atoms with Gasteiger partial charge in [0.1, 0.15) is 0 Å². The molecule has 6 nitrogen and oxygen atoms in total. The van der Waals surface area contributed by atoms with Crippen LogP contribution in [0.4, 0.5) is 30.6 Å². The molecule has 1 aromatic heterocycles. The zero-order valence-corrected chi connectivity index (χ0v) is 14.1. The highest BCUT2D eigenvalue weighted by Gasteiger charge is 2.33. The lowest BCUT2D eigenvalue weighted by atomic mass is 10.2. The van der Waals surface area contributed by atoms with Crippen LogP contribution in [0.15, 0.2) is 24.4 Å². The predicted molar refractivity (Wildman–Crippen MR) is 89.3 cm³/mol. The fourth-order valence-electron chi connectivity index (χ4n) is 2.49. The Kier molecular flexibility index (Phi) is 4.96. The summed E-state index contributed by atoms with van der Waals surface area (Å²) < 4.78 is 38.8. The van der Waals surface area contributed by atoms with Crippen LogP contribution in [0.25, 0.3) is 0 Å². The van der Waals surface area contributed by atoms with Gasteiger partial charge in [0.15, 0.2) is 5.82 Å². The summed E-state index contributed by atoms with van der Waals surface area (Å²) >= 11 is 5.62. The first-order chi connectivity index (χ1) is 11.8. The topological polar surface area (TPSA) is 57.2 Å². The summed E-state index contributed by atoms with van der Waals surface area (Å²) in [5.41, 5.74) is -0.726. The van der Waals surface area contributed by atoms with Crippen molar-refractivity contribution >= 4 is 29.1 Å². The minimum atomic E-state index is -4.53. The highest BCUT2D eigenvalue weighted by Crippen LogP contribution is 2.36. The number of nitrogens with zero attached hydrogens (tertiary/aromatic N) is 5. The second-order valence-corrected chi connectivity index (χ2v) is 6.15. The van der Waals surface area contributed by atoms with Crippen LogP contribution in [0.1, 0.15) is 5.56 Å². The summed E-state index contributed by atoms with van der Waals surface area (Å²) in [7, 11) is 2.04. The molecule has 1 N–H and O–H groups in total. The van der Waals surface area contributed by atoms with Gasteiger partial charge in [-0.3, -0.25) is 0 Å². The van der Waals surface area contributed by atoms with E-state index in [1.54, 1.807) is 6.20 Å². The third-order valence-corrected chi connectivity index (χ3v) is 4.23. The van der Waals surface area contributed by atoms with E-state index in [9.17, 15) is 13.2 Å². The Morgan fingerprint density at radius 3 is 2.56 bits per heavy atom. The Morgan fingerprint density at radius 2 is 1.88 bits per heavy atom. The number of alkyl halides is 3. The van der Waals surface area contributed by atoms with Gasteiger partial charge in [0.2, 0.25) is 5.95 Å². The smallest absolute Gasteiger partial charge is 0.353 e. The number of piperazine rings is 1. The quantitative estimate of drug-likeness (QED) is 0.893. The SMILES string of the molecule is CN1CCN(c2cnnc(Nc3ccc(Cl)c(C(F)(F)F)c3)n2)CC1. The van der Waals surface area contributed by atoms with Crippen molar-refractivity contribution in [2.45, 2.75) is 6.18 Å². The first-order valence-corrected chi connectivity index (χ1v) is 7.98. The van der Waals surface area contributed by atoms with Crippen LogP contribution >= 0.6 is 11.6 Å². The Hall–Kier alpha value is -2.13. The number of halogens is 4. The van der Waals surface area contributed by atoms with Gasteiger partial charge in [-0.1, -0.05) is 11.6 Å². The van der Waals surface area contributed by atoms with Crippen LogP contribution in [0, 0.1) is 0 Å². The van der Waals surface area contributed by atoms with Crippen molar-refractivity contribution in [3.05, 3.63) is 35.0 Å². The molecule has 0 atom stereocenters. The lowest BCUT2D eigenvalue weighted by molar-refractivity contribution is -0.137. The number of hydrogen-bond acceptors (Lipinski definition) is 6. The summed E-state index contributed by atoms with van der Waals surface area (Å²) in [4.78, 5) is 8.60. The van der Waals surface area contributed by atoms with Crippen molar-refractivity contribution in [3.8, 4) is 0 Å². The molecule has 1 fully saturated rings. The third-order valence-electron chi connectivity index (χ3n) is 3.90. The van der Waals surface area contributed by atoms with E-state index < -0.39 is 11.7 Å². The Morgan fingerprint density at radius 1 is 1.16 bits per heavy atom. The van der Waals surface area contributed by atoms with E-state index in [0.717, 1.165) is 32.2 Å². The summed E-state index contributed by atoms with van der Waals surface area (Å²) in [5, 5.41) is 10.1. The first-order valence-electron chi connectivity index (χ1n) is 7.60. The average molecular weight is 373 g/mol. The standard InChI is InChI=1S/C15H16ClF3N6/c1-24-4-6-25(7-5-24)13-9-20-23-14(22-13)21-10-2-3-12(16)11(8-10)15(17,18)19/h2-3,8-9H,4-7H2,1H3,(H,21,22,23). The molecule has 0 spiro atoms. The van der Waals surface area contributed by atoms with Gasteiger partial charge in [-0.2, -0.15) is 23.3 Å². The number of aromatic nitrogens is 3. The van der Waals surface area contributed by atoms with Crippen molar-refractivity contribution < 1.29 is 13.2 Å². The van der Waals surface area contributed by atoms with E-state index in [-0.39, 0.29) is 16.7 Å². The molecule has 1 aliphatic heterocycles. The molecule has 1 aromatic carbocycles. The maximum atomic E-state index is 12.9. The van der Waals surface area contributed by atoms with E-state index >= 15 is 0 Å². The second-order valence-electron chi connectivity index (χ2n) is 5.75. The summed E-state index contributed by atoms with van der Waals surface area (Å²) in [6, 6.07) is 3.54. The van der Waals surface area contributed by atoms with Crippen molar-refractivity contribution in [1.29, 1.82) is 0 Å². The van der Waals surface area contributed by atoms with E-state index in [2.05, 4.69) is 30.3 Å². The van der Waals surface area contributed by atoms with Crippen LogP contribution < -0.4 is 10.2 Å². The largest absolute Gasteiger partial charge is 0.417 e. The van der Waals surface area contributed by atoms with Crippen molar-refractivity contribution in [3.63, 3.8) is 0 Å². The van der Waals surface area contributed by atoms with E-state index in [1.165, 1.54) is 12.1 Å². The van der Waals surface area contributed by atoms with Crippen LogP contribution in [-0.4, -0.2) is 53.3 Å². The van der Waals surface area contributed by atoms with Gasteiger partial charge in [0, 0.05) is 31.9 Å². The second kappa shape index (κ2) is 7.01. The minimum Gasteiger partial charge on any atom is -0.353 e. The van der Waals surface area contributed by atoms with Crippen LogP contribution in [0.2, 0.25) is 5.02 Å². The molecule has 0 amide bonds. The molecule has 0 saturated carbocycles. The number of rotatable bonds is 3. The molecular formula is C15H16ClF3N6. The van der Waals surface area contributed by atoms with Gasteiger partial charge in [0.25, 0.3) is 0 Å². The normalized spacial score (nSPS) is 16.1. The van der Waals surface area contributed by atoms with Crippen LogP contribution in [-0.2, 0) is 6.18 Å². The molecule has 0 radical (unpaired) electrons. The van der Waals surface area contributed by atoms with Gasteiger partial charge in [0.05, 0.1) is 16.8 Å². The van der Waals surface area contributed by atoms with E-state index in [0.29, 0.717) is 5.82 Å². The number of benzene rings is 1. The van der Waals surface area contributed by atoms with Crippen molar-refractivity contribution in [1.82, 2.24) is 20.1 Å². The predicted octanol–water partition coefficient (Wildman–Crippen LogP) is 3.04. The number of anilines is 3. The highest BCUT2D eigenvalue weighted by atomic mass is 35.5. The molecule has 3 rings (SSSR count). The van der Waals surface area contributed by atoms with Gasteiger partial charge >= 0.3 is 6.18 Å².